The van der Waals surface area contributed by atoms with Crippen LogP contribution in [0, 0.1) is 13.8 Å². The highest BCUT2D eigenvalue weighted by atomic mass is 35.5. The highest BCUT2D eigenvalue weighted by Gasteiger charge is 2.28. The Morgan fingerprint density at radius 2 is 1.95 bits per heavy atom. The normalized spacial score (nSPS) is 13.2. The van der Waals surface area contributed by atoms with E-state index in [0.29, 0.717) is 5.56 Å². The van der Waals surface area contributed by atoms with Crippen LogP contribution in [0.5, 0.6) is 0 Å². The molecule has 112 valence electrons. The summed E-state index contributed by atoms with van der Waals surface area (Å²) in [4.78, 5) is 10.8. The molecule has 0 aliphatic heterocycles. The van der Waals surface area contributed by atoms with Crippen molar-refractivity contribution in [3.8, 4) is 0 Å². The van der Waals surface area contributed by atoms with E-state index in [9.17, 15) is 13.2 Å². The van der Waals surface area contributed by atoms with Gasteiger partial charge in [0.05, 0.1) is 5.02 Å². The van der Waals surface area contributed by atoms with Crippen LogP contribution in [0.2, 0.25) is 10.0 Å². The Morgan fingerprint density at radius 3 is 2.40 bits per heavy atom. The first kappa shape index (κ1) is 17.2. The quantitative estimate of drug-likeness (QED) is 0.863. The molecule has 2 N–H and O–H groups in total. The maximum Gasteiger partial charge on any atom is 0.321 e. The average Bonchev–Trinajstić information content (AvgIpc) is 2.33. The summed E-state index contributed by atoms with van der Waals surface area (Å²) < 4.78 is 26.8. The van der Waals surface area contributed by atoms with Gasteiger partial charge in [0, 0.05) is 5.02 Å². The minimum atomic E-state index is -4.07. The van der Waals surface area contributed by atoms with Crippen LogP contribution in [0.4, 0.5) is 0 Å². The van der Waals surface area contributed by atoms with Gasteiger partial charge in [-0.1, -0.05) is 30.1 Å². The minimum Gasteiger partial charge on any atom is -0.480 e. The zero-order valence-electron chi connectivity index (χ0n) is 11.2. The molecule has 1 aromatic carbocycles. The van der Waals surface area contributed by atoms with E-state index in [4.69, 9.17) is 28.3 Å². The monoisotopic (exact) mass is 339 g/mol. The molecule has 1 aromatic rings. The molecule has 20 heavy (non-hydrogen) atoms. The molecule has 0 heterocycles. The molecular weight excluding hydrogens is 325 g/mol. The Bertz CT molecular complexity index is 617. The van der Waals surface area contributed by atoms with Crippen molar-refractivity contribution in [3.05, 3.63) is 27.2 Å². The van der Waals surface area contributed by atoms with Crippen LogP contribution in [0.25, 0.3) is 0 Å². The molecular formula is C12H15Cl2NO4S. The lowest BCUT2D eigenvalue weighted by Gasteiger charge is -2.17. The van der Waals surface area contributed by atoms with Gasteiger partial charge in [0.2, 0.25) is 10.0 Å². The first-order chi connectivity index (χ1) is 9.11. The molecule has 0 aromatic heterocycles. The third-order valence-corrected chi connectivity index (χ3v) is 5.49. The molecule has 0 aliphatic rings. The van der Waals surface area contributed by atoms with Gasteiger partial charge in [-0.15, -0.1) is 0 Å². The van der Waals surface area contributed by atoms with E-state index < -0.39 is 22.0 Å². The summed E-state index contributed by atoms with van der Waals surface area (Å²) in [5, 5.41) is 9.25. The Labute approximate surface area is 127 Å². The highest BCUT2D eigenvalue weighted by molar-refractivity contribution is 7.89. The molecule has 0 saturated carbocycles. The fourth-order valence-electron chi connectivity index (χ4n) is 1.69. The number of benzene rings is 1. The number of halogens is 2. The molecule has 1 rings (SSSR count). The van der Waals surface area contributed by atoms with Gasteiger partial charge in [-0.25, -0.2) is 8.42 Å². The van der Waals surface area contributed by atoms with Gasteiger partial charge in [0.1, 0.15) is 10.9 Å². The molecule has 0 bridgehead atoms. The molecule has 0 fully saturated rings. The number of carboxylic acid groups (broad SMARTS) is 1. The summed E-state index contributed by atoms with van der Waals surface area (Å²) >= 11 is 12.0. The van der Waals surface area contributed by atoms with Crippen molar-refractivity contribution in [3.63, 3.8) is 0 Å². The summed E-state index contributed by atoms with van der Waals surface area (Å²) in [6.07, 6.45) is 0.116. The van der Waals surface area contributed by atoms with E-state index in [-0.39, 0.29) is 26.9 Å². The lowest BCUT2D eigenvalue weighted by molar-refractivity contribution is -0.139. The van der Waals surface area contributed by atoms with E-state index in [1.54, 1.807) is 19.9 Å². The standard InChI is InChI=1S/C12H15Cl2NO4S/c1-4-9(12(16)17)15-20(18,19)11-7(3)8(13)5-6(2)10(11)14/h5,9,15H,4H2,1-3H3,(H,16,17)/t9-/m0/s1. The van der Waals surface area contributed by atoms with Gasteiger partial charge < -0.3 is 5.11 Å². The average molecular weight is 340 g/mol. The minimum absolute atomic E-state index is 0.0413. The summed E-state index contributed by atoms with van der Waals surface area (Å²) in [5.41, 5.74) is 0.793. The number of hydrogen-bond donors (Lipinski definition) is 2. The summed E-state index contributed by atoms with van der Waals surface area (Å²) in [7, 11) is -4.07. The number of carbonyl (C=O) groups is 1. The van der Waals surface area contributed by atoms with Crippen LogP contribution >= 0.6 is 23.2 Å². The van der Waals surface area contributed by atoms with Gasteiger partial charge in [-0.05, 0) is 37.5 Å². The van der Waals surface area contributed by atoms with Crippen molar-refractivity contribution >= 4 is 39.2 Å². The fraction of sp³-hybridized carbons (Fsp3) is 0.417. The molecule has 8 heteroatoms. The highest BCUT2D eigenvalue weighted by Crippen LogP contribution is 2.33. The number of carboxylic acids is 1. The van der Waals surface area contributed by atoms with Crippen molar-refractivity contribution in [2.75, 3.05) is 0 Å². The topological polar surface area (TPSA) is 83.5 Å². The Morgan fingerprint density at radius 1 is 1.40 bits per heavy atom. The van der Waals surface area contributed by atoms with Crippen molar-refractivity contribution < 1.29 is 18.3 Å². The van der Waals surface area contributed by atoms with Gasteiger partial charge in [0.15, 0.2) is 0 Å². The van der Waals surface area contributed by atoms with Crippen LogP contribution in [0.3, 0.4) is 0 Å². The number of aliphatic carboxylic acids is 1. The lowest BCUT2D eigenvalue weighted by atomic mass is 10.2. The second kappa shape index (κ2) is 6.30. The summed E-state index contributed by atoms with van der Waals surface area (Å²) in [5.74, 6) is -1.25. The van der Waals surface area contributed by atoms with Gasteiger partial charge in [0.25, 0.3) is 0 Å². The first-order valence-electron chi connectivity index (χ1n) is 5.82. The van der Waals surface area contributed by atoms with E-state index in [0.717, 1.165) is 0 Å². The van der Waals surface area contributed by atoms with E-state index in [2.05, 4.69) is 4.72 Å². The van der Waals surface area contributed by atoms with Crippen LogP contribution < -0.4 is 4.72 Å². The zero-order chi connectivity index (χ0) is 15.7. The SMILES string of the molecule is CC[C@H](NS(=O)(=O)c1c(C)c(Cl)cc(C)c1Cl)C(=O)O. The van der Waals surface area contributed by atoms with Crippen molar-refractivity contribution in [1.29, 1.82) is 0 Å². The number of rotatable bonds is 5. The van der Waals surface area contributed by atoms with Crippen LogP contribution in [-0.2, 0) is 14.8 Å². The maximum absolute atomic E-state index is 12.3. The molecule has 0 radical (unpaired) electrons. The second-order valence-electron chi connectivity index (χ2n) is 4.36. The Hall–Kier alpha value is -0.820. The molecule has 1 atom stereocenters. The van der Waals surface area contributed by atoms with Gasteiger partial charge >= 0.3 is 5.97 Å². The smallest absolute Gasteiger partial charge is 0.321 e. The zero-order valence-corrected chi connectivity index (χ0v) is 13.5. The number of hydrogen-bond acceptors (Lipinski definition) is 3. The molecule has 0 saturated heterocycles. The van der Waals surface area contributed by atoms with Crippen LogP contribution in [-0.4, -0.2) is 25.5 Å². The molecule has 0 spiro atoms. The molecule has 0 amide bonds. The molecule has 0 aliphatic carbocycles. The van der Waals surface area contributed by atoms with E-state index in [1.165, 1.54) is 6.92 Å². The fourth-order valence-corrected chi connectivity index (χ4v) is 4.17. The second-order valence-corrected chi connectivity index (χ2v) is 6.80. The predicted octanol–water partition coefficient (Wildman–Crippen LogP) is 2.75. The summed E-state index contributed by atoms with van der Waals surface area (Å²) in [6, 6.07) is 0.349. The van der Waals surface area contributed by atoms with Crippen LogP contribution in [0.15, 0.2) is 11.0 Å². The van der Waals surface area contributed by atoms with Crippen molar-refractivity contribution in [2.45, 2.75) is 38.1 Å². The molecule has 0 unspecified atom stereocenters. The third-order valence-electron chi connectivity index (χ3n) is 2.86. The maximum atomic E-state index is 12.3. The molecule has 5 nitrogen and oxygen atoms in total. The number of aryl methyl sites for hydroxylation is 1. The van der Waals surface area contributed by atoms with Crippen molar-refractivity contribution in [2.24, 2.45) is 0 Å². The largest absolute Gasteiger partial charge is 0.480 e. The Kier molecular flexibility index (Phi) is 5.43. The number of sulfonamides is 1. The number of nitrogens with one attached hydrogen (secondary N) is 1. The van der Waals surface area contributed by atoms with E-state index >= 15 is 0 Å². The van der Waals surface area contributed by atoms with Gasteiger partial charge in [-0.2, -0.15) is 4.72 Å². The third kappa shape index (κ3) is 3.44. The lowest BCUT2D eigenvalue weighted by Crippen LogP contribution is -2.40. The first-order valence-corrected chi connectivity index (χ1v) is 8.06. The summed E-state index contributed by atoms with van der Waals surface area (Å²) in [6.45, 7) is 4.71. The predicted molar refractivity (Wildman–Crippen MR) is 78.0 cm³/mol. The van der Waals surface area contributed by atoms with E-state index in [1.807, 2.05) is 0 Å². The van der Waals surface area contributed by atoms with Crippen molar-refractivity contribution in [1.82, 2.24) is 4.72 Å². The van der Waals surface area contributed by atoms with Gasteiger partial charge in [-0.3, -0.25) is 4.79 Å². The Balaban J connectivity index is 3.40. The van der Waals surface area contributed by atoms with Crippen LogP contribution in [0.1, 0.15) is 24.5 Å².